The molecule has 0 radical (unpaired) electrons. The number of rotatable bonds is 5. The highest BCUT2D eigenvalue weighted by atomic mass is 16.5. The summed E-state index contributed by atoms with van der Waals surface area (Å²) in [5.74, 6) is -0.0895. The molecule has 2 unspecified atom stereocenters. The van der Waals surface area contributed by atoms with Gasteiger partial charge in [-0.25, -0.2) is 0 Å². The molecule has 1 aromatic carbocycles. The number of nitrogens with two attached hydrogens (primary N) is 1. The number of carboxylic acid groups (broad SMARTS) is 1. The van der Waals surface area contributed by atoms with Crippen LogP contribution in [0, 0.1) is 0 Å². The van der Waals surface area contributed by atoms with E-state index in [1.54, 1.807) is 7.11 Å². The lowest BCUT2D eigenvalue weighted by Gasteiger charge is -2.28. The van der Waals surface area contributed by atoms with Gasteiger partial charge in [0.2, 0.25) is 0 Å². The molecule has 1 fully saturated rings. The van der Waals surface area contributed by atoms with E-state index >= 15 is 0 Å². The SMILES string of the molecule is CCC(c1ccc(OC)cc1)N1CCC(N)(C(=O)O)C1. The highest BCUT2D eigenvalue weighted by Gasteiger charge is 2.43. The van der Waals surface area contributed by atoms with Crippen LogP contribution in [0.2, 0.25) is 0 Å². The van der Waals surface area contributed by atoms with Gasteiger partial charge in [-0.3, -0.25) is 9.69 Å². The molecule has 0 bridgehead atoms. The molecule has 5 heteroatoms. The molecule has 1 aliphatic heterocycles. The Balaban J connectivity index is 2.14. The fourth-order valence-corrected chi connectivity index (χ4v) is 2.84. The van der Waals surface area contributed by atoms with Crippen molar-refractivity contribution in [3.63, 3.8) is 0 Å². The average Bonchev–Trinajstić information content (AvgIpc) is 2.84. The van der Waals surface area contributed by atoms with Crippen molar-refractivity contribution in [1.29, 1.82) is 0 Å². The predicted octanol–water partition coefficient (Wildman–Crippen LogP) is 1.63. The molecule has 1 saturated heterocycles. The van der Waals surface area contributed by atoms with Crippen molar-refractivity contribution >= 4 is 5.97 Å². The summed E-state index contributed by atoms with van der Waals surface area (Å²) < 4.78 is 5.16. The number of likely N-dealkylation sites (tertiary alicyclic amines) is 1. The van der Waals surface area contributed by atoms with Crippen LogP contribution in [-0.2, 0) is 4.79 Å². The number of ether oxygens (including phenoxy) is 1. The minimum Gasteiger partial charge on any atom is -0.497 e. The lowest BCUT2D eigenvalue weighted by Crippen LogP contribution is -2.50. The standard InChI is InChI=1S/C15H22N2O3/c1-3-13(11-4-6-12(20-2)7-5-11)17-9-8-15(16,10-17)14(18)19/h4-7,13H,3,8-10,16H2,1-2H3,(H,18,19). The molecule has 0 amide bonds. The number of hydrogen-bond acceptors (Lipinski definition) is 4. The maximum absolute atomic E-state index is 11.2. The van der Waals surface area contributed by atoms with E-state index in [9.17, 15) is 9.90 Å². The summed E-state index contributed by atoms with van der Waals surface area (Å²) in [5, 5.41) is 9.22. The first-order valence-corrected chi connectivity index (χ1v) is 6.90. The summed E-state index contributed by atoms with van der Waals surface area (Å²) in [5.41, 5.74) is 6.01. The zero-order chi connectivity index (χ0) is 14.8. The molecule has 110 valence electrons. The minimum atomic E-state index is -1.11. The van der Waals surface area contributed by atoms with Gasteiger partial charge in [-0.1, -0.05) is 19.1 Å². The first kappa shape index (κ1) is 14.8. The molecular formula is C15H22N2O3. The van der Waals surface area contributed by atoms with Gasteiger partial charge in [0.15, 0.2) is 0 Å². The monoisotopic (exact) mass is 278 g/mol. The molecule has 0 spiro atoms. The number of nitrogens with zero attached hydrogens (tertiary/aromatic N) is 1. The Hall–Kier alpha value is -1.59. The third-order valence-corrected chi connectivity index (χ3v) is 4.08. The second-order valence-electron chi connectivity index (χ2n) is 5.38. The zero-order valence-corrected chi connectivity index (χ0v) is 12.0. The molecule has 5 nitrogen and oxygen atoms in total. The number of carboxylic acids is 1. The van der Waals surface area contributed by atoms with Crippen molar-refractivity contribution in [2.75, 3.05) is 20.2 Å². The number of carbonyl (C=O) groups is 1. The fraction of sp³-hybridized carbons (Fsp3) is 0.533. The number of hydrogen-bond donors (Lipinski definition) is 2. The van der Waals surface area contributed by atoms with Crippen LogP contribution in [0.1, 0.15) is 31.4 Å². The number of aliphatic carboxylic acids is 1. The van der Waals surface area contributed by atoms with E-state index in [4.69, 9.17) is 10.5 Å². The average molecular weight is 278 g/mol. The lowest BCUT2D eigenvalue weighted by atomic mass is 10.00. The van der Waals surface area contributed by atoms with Crippen molar-refractivity contribution in [1.82, 2.24) is 4.90 Å². The van der Waals surface area contributed by atoms with Gasteiger partial charge in [-0.2, -0.15) is 0 Å². The molecular weight excluding hydrogens is 256 g/mol. The number of methoxy groups -OCH3 is 1. The van der Waals surface area contributed by atoms with Crippen LogP contribution in [0.15, 0.2) is 24.3 Å². The number of benzene rings is 1. The Morgan fingerprint density at radius 3 is 2.60 bits per heavy atom. The van der Waals surface area contributed by atoms with Crippen LogP contribution in [0.4, 0.5) is 0 Å². The van der Waals surface area contributed by atoms with E-state index < -0.39 is 11.5 Å². The Morgan fingerprint density at radius 1 is 1.50 bits per heavy atom. The van der Waals surface area contributed by atoms with Crippen LogP contribution >= 0.6 is 0 Å². The van der Waals surface area contributed by atoms with Gasteiger partial charge in [0.25, 0.3) is 0 Å². The summed E-state index contributed by atoms with van der Waals surface area (Å²) in [7, 11) is 1.64. The normalized spacial score (nSPS) is 24.6. The summed E-state index contributed by atoms with van der Waals surface area (Å²) in [6.45, 7) is 3.21. The second kappa shape index (κ2) is 5.81. The molecule has 3 N–H and O–H groups in total. The first-order chi connectivity index (χ1) is 9.50. The van der Waals surface area contributed by atoms with E-state index in [2.05, 4.69) is 11.8 Å². The zero-order valence-electron chi connectivity index (χ0n) is 12.0. The van der Waals surface area contributed by atoms with Gasteiger partial charge in [0, 0.05) is 19.1 Å². The van der Waals surface area contributed by atoms with Gasteiger partial charge in [0.05, 0.1) is 7.11 Å². The van der Waals surface area contributed by atoms with Gasteiger partial charge < -0.3 is 15.6 Å². The Bertz CT molecular complexity index is 475. The second-order valence-corrected chi connectivity index (χ2v) is 5.38. The molecule has 0 saturated carbocycles. The van der Waals surface area contributed by atoms with Crippen molar-refractivity contribution < 1.29 is 14.6 Å². The van der Waals surface area contributed by atoms with E-state index in [-0.39, 0.29) is 6.04 Å². The Labute approximate surface area is 119 Å². The van der Waals surface area contributed by atoms with Gasteiger partial charge in [0.1, 0.15) is 11.3 Å². The third-order valence-electron chi connectivity index (χ3n) is 4.08. The van der Waals surface area contributed by atoms with Crippen molar-refractivity contribution in [3.05, 3.63) is 29.8 Å². The summed E-state index contributed by atoms with van der Waals surface area (Å²) in [6, 6.07) is 8.13. The molecule has 0 aromatic heterocycles. The van der Waals surface area contributed by atoms with Crippen LogP contribution in [-0.4, -0.2) is 41.7 Å². The van der Waals surface area contributed by atoms with E-state index in [0.717, 1.165) is 12.2 Å². The molecule has 20 heavy (non-hydrogen) atoms. The maximum Gasteiger partial charge on any atom is 0.325 e. The van der Waals surface area contributed by atoms with Gasteiger partial charge in [-0.05, 0) is 30.5 Å². The van der Waals surface area contributed by atoms with Gasteiger partial charge >= 0.3 is 5.97 Å². The van der Waals surface area contributed by atoms with Crippen LogP contribution in [0.25, 0.3) is 0 Å². The summed E-state index contributed by atoms with van der Waals surface area (Å²) in [4.78, 5) is 13.4. The Kier molecular flexibility index (Phi) is 4.30. The quantitative estimate of drug-likeness (QED) is 0.856. The topological polar surface area (TPSA) is 75.8 Å². The molecule has 1 aromatic rings. The van der Waals surface area contributed by atoms with E-state index in [0.29, 0.717) is 19.5 Å². The smallest absolute Gasteiger partial charge is 0.325 e. The molecule has 2 atom stereocenters. The van der Waals surface area contributed by atoms with Crippen molar-refractivity contribution in [2.45, 2.75) is 31.3 Å². The fourth-order valence-electron chi connectivity index (χ4n) is 2.84. The van der Waals surface area contributed by atoms with Crippen molar-refractivity contribution in [2.24, 2.45) is 5.73 Å². The largest absolute Gasteiger partial charge is 0.497 e. The minimum absolute atomic E-state index is 0.200. The van der Waals surface area contributed by atoms with E-state index in [1.165, 1.54) is 5.56 Å². The van der Waals surface area contributed by atoms with Gasteiger partial charge in [-0.15, -0.1) is 0 Å². The molecule has 2 rings (SSSR count). The van der Waals surface area contributed by atoms with E-state index in [1.807, 2.05) is 24.3 Å². The van der Waals surface area contributed by atoms with Crippen LogP contribution in [0.5, 0.6) is 5.75 Å². The first-order valence-electron chi connectivity index (χ1n) is 6.90. The Morgan fingerprint density at radius 2 is 2.15 bits per heavy atom. The summed E-state index contributed by atoms with van der Waals surface area (Å²) in [6.07, 6.45) is 1.41. The van der Waals surface area contributed by atoms with Crippen LogP contribution < -0.4 is 10.5 Å². The maximum atomic E-state index is 11.2. The highest BCUT2D eigenvalue weighted by molar-refractivity contribution is 5.79. The predicted molar refractivity (Wildman–Crippen MR) is 76.8 cm³/mol. The van der Waals surface area contributed by atoms with Crippen molar-refractivity contribution in [3.8, 4) is 5.75 Å². The molecule has 1 heterocycles. The third kappa shape index (κ3) is 2.78. The molecule has 0 aliphatic carbocycles. The highest BCUT2D eigenvalue weighted by Crippen LogP contribution is 2.31. The summed E-state index contributed by atoms with van der Waals surface area (Å²) >= 11 is 0. The lowest BCUT2D eigenvalue weighted by molar-refractivity contribution is -0.142. The molecule has 1 aliphatic rings. The van der Waals surface area contributed by atoms with Crippen LogP contribution in [0.3, 0.4) is 0 Å².